The second-order valence-electron chi connectivity index (χ2n) is 7.60. The number of sulfonamides is 1. The van der Waals surface area contributed by atoms with Gasteiger partial charge in [-0.05, 0) is 31.5 Å². The van der Waals surface area contributed by atoms with Gasteiger partial charge in [-0.3, -0.25) is 4.99 Å². The lowest BCUT2D eigenvalue weighted by Crippen LogP contribution is -2.41. The fraction of sp³-hybridized carbons (Fsp3) is 0.240. The SMILES string of the molecule is COc1cccc(C2CCN(S(=O)(=O)c3ccc(C)cc3)C(c3ccccc3)=N2)c1OC. The Morgan fingerprint density at radius 3 is 2.28 bits per heavy atom. The largest absolute Gasteiger partial charge is 0.493 e. The van der Waals surface area contributed by atoms with Crippen LogP contribution in [-0.4, -0.2) is 39.3 Å². The molecular formula is C25H26N2O4S. The first-order valence-electron chi connectivity index (χ1n) is 10.4. The average molecular weight is 451 g/mol. The monoisotopic (exact) mass is 450 g/mol. The molecule has 1 aliphatic rings. The van der Waals surface area contributed by atoms with Crippen molar-refractivity contribution in [2.75, 3.05) is 20.8 Å². The fourth-order valence-corrected chi connectivity index (χ4v) is 5.36. The van der Waals surface area contributed by atoms with Crippen LogP contribution in [0.4, 0.5) is 0 Å². The van der Waals surface area contributed by atoms with Gasteiger partial charge >= 0.3 is 0 Å². The molecule has 3 aromatic carbocycles. The number of aliphatic imine (C=N–C) groups is 1. The number of methoxy groups -OCH3 is 2. The van der Waals surface area contributed by atoms with Crippen LogP contribution in [0.25, 0.3) is 0 Å². The predicted octanol–water partition coefficient (Wildman–Crippen LogP) is 4.59. The topological polar surface area (TPSA) is 68.2 Å². The molecule has 166 valence electrons. The first-order chi connectivity index (χ1) is 15.5. The van der Waals surface area contributed by atoms with Crippen molar-refractivity contribution in [2.45, 2.75) is 24.3 Å². The zero-order valence-electron chi connectivity index (χ0n) is 18.4. The highest BCUT2D eigenvalue weighted by Crippen LogP contribution is 2.40. The average Bonchev–Trinajstić information content (AvgIpc) is 2.83. The maximum Gasteiger partial charge on any atom is 0.265 e. The Morgan fingerprint density at radius 2 is 1.62 bits per heavy atom. The first kappa shape index (κ1) is 21.9. The van der Waals surface area contributed by atoms with Crippen LogP contribution in [0.5, 0.6) is 11.5 Å². The summed E-state index contributed by atoms with van der Waals surface area (Å²) in [6.45, 7) is 2.23. The lowest BCUT2D eigenvalue weighted by atomic mass is 10.0. The van der Waals surface area contributed by atoms with Crippen LogP contribution >= 0.6 is 0 Å². The molecule has 0 fully saturated rings. The van der Waals surface area contributed by atoms with Crippen LogP contribution in [0.1, 0.15) is 29.2 Å². The van der Waals surface area contributed by atoms with Crippen molar-refractivity contribution in [1.29, 1.82) is 0 Å². The molecular weight excluding hydrogens is 424 g/mol. The Balaban J connectivity index is 1.82. The Bertz CT molecular complexity index is 1220. The second-order valence-corrected chi connectivity index (χ2v) is 9.46. The third-order valence-electron chi connectivity index (χ3n) is 5.55. The number of hydrogen-bond donors (Lipinski definition) is 0. The molecule has 0 saturated carbocycles. The lowest BCUT2D eigenvalue weighted by Gasteiger charge is -2.33. The quantitative estimate of drug-likeness (QED) is 0.551. The van der Waals surface area contributed by atoms with Crippen LogP contribution in [-0.2, 0) is 10.0 Å². The third kappa shape index (κ3) is 4.08. The number of benzene rings is 3. The molecule has 0 amide bonds. The fourth-order valence-electron chi connectivity index (χ4n) is 3.90. The minimum Gasteiger partial charge on any atom is -0.493 e. The molecule has 7 heteroatoms. The molecule has 1 heterocycles. The highest BCUT2D eigenvalue weighted by Gasteiger charge is 2.34. The Labute approximate surface area is 189 Å². The molecule has 1 unspecified atom stereocenters. The van der Waals surface area contributed by atoms with Gasteiger partial charge in [0.2, 0.25) is 0 Å². The van der Waals surface area contributed by atoms with E-state index in [1.54, 1.807) is 38.5 Å². The van der Waals surface area contributed by atoms with Crippen LogP contribution in [0.3, 0.4) is 0 Å². The van der Waals surface area contributed by atoms with Gasteiger partial charge in [-0.25, -0.2) is 12.7 Å². The minimum absolute atomic E-state index is 0.254. The third-order valence-corrected chi connectivity index (χ3v) is 7.36. The number of ether oxygens (including phenoxy) is 2. The summed E-state index contributed by atoms with van der Waals surface area (Å²) >= 11 is 0. The van der Waals surface area contributed by atoms with Gasteiger partial charge in [0.05, 0.1) is 25.2 Å². The molecule has 0 radical (unpaired) electrons. The van der Waals surface area contributed by atoms with Crippen molar-refractivity contribution in [3.05, 3.63) is 89.5 Å². The zero-order chi connectivity index (χ0) is 22.7. The molecule has 32 heavy (non-hydrogen) atoms. The van der Waals surface area contributed by atoms with Gasteiger partial charge in [-0.15, -0.1) is 0 Å². The van der Waals surface area contributed by atoms with Gasteiger partial charge in [0.1, 0.15) is 5.84 Å². The molecule has 3 aromatic rings. The van der Waals surface area contributed by atoms with Crippen molar-refractivity contribution in [3.8, 4) is 11.5 Å². The van der Waals surface area contributed by atoms with Crippen LogP contribution in [0.15, 0.2) is 82.7 Å². The summed E-state index contributed by atoms with van der Waals surface area (Å²) in [5.74, 6) is 1.66. The van der Waals surface area contributed by atoms with E-state index in [-0.39, 0.29) is 10.9 Å². The second kappa shape index (κ2) is 9.04. The predicted molar refractivity (Wildman–Crippen MR) is 125 cm³/mol. The zero-order valence-corrected chi connectivity index (χ0v) is 19.2. The summed E-state index contributed by atoms with van der Waals surface area (Å²) in [6.07, 6.45) is 0.519. The van der Waals surface area contributed by atoms with Gasteiger partial charge in [-0.1, -0.05) is 60.2 Å². The number of nitrogens with zero attached hydrogens (tertiary/aromatic N) is 2. The van der Waals surface area contributed by atoms with Gasteiger partial charge in [0.25, 0.3) is 10.0 Å². The standard InChI is InChI=1S/C25H26N2O4S/c1-18-12-14-20(15-13-18)32(28,29)27-17-16-22(26-25(27)19-8-5-4-6-9-19)21-10-7-11-23(30-2)24(21)31-3/h4-15,22H,16-17H2,1-3H3. The van der Waals surface area contributed by atoms with Crippen LogP contribution in [0.2, 0.25) is 0 Å². The van der Waals surface area contributed by atoms with Crippen molar-refractivity contribution in [1.82, 2.24) is 4.31 Å². The van der Waals surface area contributed by atoms with Gasteiger partial charge < -0.3 is 9.47 Å². The van der Waals surface area contributed by atoms with Gasteiger partial charge in [0.15, 0.2) is 11.5 Å². The summed E-state index contributed by atoms with van der Waals surface area (Å²) < 4.78 is 39.6. The molecule has 0 aliphatic carbocycles. The Kier molecular flexibility index (Phi) is 6.19. The highest BCUT2D eigenvalue weighted by molar-refractivity contribution is 7.89. The lowest BCUT2D eigenvalue weighted by molar-refractivity contribution is 0.347. The summed E-state index contributed by atoms with van der Waals surface area (Å²) in [5, 5.41) is 0. The van der Waals surface area contributed by atoms with Gasteiger partial charge in [-0.2, -0.15) is 0 Å². The van der Waals surface area contributed by atoms with E-state index in [1.807, 2.05) is 55.5 Å². The molecule has 0 saturated heterocycles. The van der Waals surface area contributed by atoms with Crippen molar-refractivity contribution < 1.29 is 17.9 Å². The number of rotatable bonds is 6. The summed E-state index contributed by atoms with van der Waals surface area (Å²) in [5.41, 5.74) is 2.62. The minimum atomic E-state index is -3.76. The normalized spacial score (nSPS) is 16.4. The molecule has 0 aromatic heterocycles. The number of para-hydroxylation sites is 1. The van der Waals surface area contributed by atoms with Crippen molar-refractivity contribution in [2.24, 2.45) is 4.99 Å². The van der Waals surface area contributed by atoms with Crippen LogP contribution in [0, 0.1) is 6.92 Å². The molecule has 6 nitrogen and oxygen atoms in total. The maximum absolute atomic E-state index is 13.5. The van der Waals surface area contributed by atoms with E-state index < -0.39 is 10.0 Å². The Hall–Kier alpha value is -3.32. The molecule has 0 N–H and O–H groups in total. The number of amidine groups is 1. The smallest absolute Gasteiger partial charge is 0.265 e. The summed E-state index contributed by atoms with van der Waals surface area (Å²) in [7, 11) is -0.572. The number of hydrogen-bond acceptors (Lipinski definition) is 5. The molecule has 0 spiro atoms. The van der Waals surface area contributed by atoms with E-state index in [4.69, 9.17) is 14.5 Å². The number of aryl methyl sites for hydroxylation is 1. The molecule has 4 rings (SSSR count). The maximum atomic E-state index is 13.5. The van der Waals surface area contributed by atoms with Crippen molar-refractivity contribution >= 4 is 15.9 Å². The van der Waals surface area contributed by atoms with Crippen LogP contribution < -0.4 is 9.47 Å². The van der Waals surface area contributed by atoms with E-state index >= 15 is 0 Å². The first-order valence-corrected chi connectivity index (χ1v) is 11.8. The summed E-state index contributed by atoms with van der Waals surface area (Å²) in [6, 6.07) is 21.7. The van der Waals surface area contributed by atoms with E-state index in [0.29, 0.717) is 30.3 Å². The Morgan fingerprint density at radius 1 is 0.906 bits per heavy atom. The molecule has 1 atom stereocenters. The van der Waals surface area contributed by atoms with E-state index in [2.05, 4.69) is 0 Å². The molecule has 0 bridgehead atoms. The highest BCUT2D eigenvalue weighted by atomic mass is 32.2. The molecule has 1 aliphatic heterocycles. The van der Waals surface area contributed by atoms with E-state index in [1.165, 1.54) is 4.31 Å². The van der Waals surface area contributed by atoms with Crippen molar-refractivity contribution in [3.63, 3.8) is 0 Å². The summed E-state index contributed by atoms with van der Waals surface area (Å²) in [4.78, 5) is 5.18. The van der Waals surface area contributed by atoms with E-state index in [9.17, 15) is 8.42 Å². The van der Waals surface area contributed by atoms with E-state index in [0.717, 1.165) is 16.7 Å². The van der Waals surface area contributed by atoms with Gasteiger partial charge in [0, 0.05) is 17.7 Å².